The highest BCUT2D eigenvalue weighted by atomic mass is 16.5. The number of anilines is 1. The molecule has 5 rings (SSSR count). The molecule has 1 aromatic heterocycles. The number of para-hydroxylation sites is 1. The van der Waals surface area contributed by atoms with E-state index in [-0.39, 0.29) is 52.0 Å². The highest BCUT2D eigenvalue weighted by molar-refractivity contribution is 6.24. The fourth-order valence-corrected chi connectivity index (χ4v) is 4.79. The third kappa shape index (κ3) is 4.80. The molecule has 3 aromatic rings. The third-order valence-corrected chi connectivity index (χ3v) is 6.65. The number of hydrogen-bond acceptors (Lipinski definition) is 8. The second-order valence-corrected chi connectivity index (χ2v) is 8.92. The average Bonchev–Trinajstić information content (AvgIpc) is 3.55. The van der Waals surface area contributed by atoms with E-state index in [9.17, 15) is 24.0 Å². The summed E-state index contributed by atoms with van der Waals surface area (Å²) in [6.07, 6.45) is 4.47. The number of benzene rings is 2. The molecule has 0 radical (unpaired) electrons. The van der Waals surface area contributed by atoms with Gasteiger partial charge in [-0.25, -0.2) is 14.5 Å². The standard InChI is InChI=1S/C28H23NO8/c30-23(17-11-13-18(14-12-17)37-28(34)24-10-5-15-35-24)16-36-27(33)21-8-3-4-9-22(21)29-25(31)19-6-1-2-7-20(19)26(29)32/h3-5,8-15,19-20H,1-2,6-7,16H2. The highest BCUT2D eigenvalue weighted by Gasteiger charge is 2.49. The maximum Gasteiger partial charge on any atom is 0.379 e. The van der Waals surface area contributed by atoms with Crippen LogP contribution in [-0.2, 0) is 14.3 Å². The number of carbonyl (C=O) groups is 5. The van der Waals surface area contributed by atoms with Gasteiger partial charge in [0.2, 0.25) is 17.6 Å². The number of ether oxygens (including phenoxy) is 2. The van der Waals surface area contributed by atoms with E-state index in [0.717, 1.165) is 17.7 Å². The Labute approximate surface area is 212 Å². The third-order valence-electron chi connectivity index (χ3n) is 6.65. The summed E-state index contributed by atoms with van der Waals surface area (Å²) in [5, 5.41) is 0. The fourth-order valence-electron chi connectivity index (χ4n) is 4.79. The Bertz CT molecular complexity index is 1340. The number of carbonyl (C=O) groups excluding carboxylic acids is 5. The first kappa shape index (κ1) is 24.2. The van der Waals surface area contributed by atoms with Gasteiger partial charge in [0, 0.05) is 5.56 Å². The minimum absolute atomic E-state index is 0.0378. The number of hydrogen-bond donors (Lipinski definition) is 0. The molecule has 1 aliphatic heterocycles. The Morgan fingerprint density at radius 1 is 0.838 bits per heavy atom. The quantitative estimate of drug-likeness (QED) is 0.204. The second-order valence-electron chi connectivity index (χ2n) is 8.92. The molecule has 9 heteroatoms. The lowest BCUT2D eigenvalue weighted by Crippen LogP contribution is -2.32. The van der Waals surface area contributed by atoms with Crippen molar-refractivity contribution in [3.05, 3.63) is 83.8 Å². The molecule has 9 nitrogen and oxygen atoms in total. The van der Waals surface area contributed by atoms with Crippen LogP contribution in [0.25, 0.3) is 0 Å². The van der Waals surface area contributed by atoms with Crippen LogP contribution < -0.4 is 9.64 Å². The zero-order valence-electron chi connectivity index (χ0n) is 19.8. The van der Waals surface area contributed by atoms with E-state index >= 15 is 0 Å². The van der Waals surface area contributed by atoms with E-state index in [4.69, 9.17) is 13.9 Å². The van der Waals surface area contributed by atoms with Crippen molar-refractivity contribution in [2.75, 3.05) is 11.5 Å². The summed E-state index contributed by atoms with van der Waals surface area (Å²) >= 11 is 0. The summed E-state index contributed by atoms with van der Waals surface area (Å²) in [5.74, 6) is -3.00. The van der Waals surface area contributed by atoms with Crippen LogP contribution in [0.4, 0.5) is 5.69 Å². The number of furan rings is 1. The van der Waals surface area contributed by atoms with E-state index in [1.54, 1.807) is 18.2 Å². The van der Waals surface area contributed by atoms with Gasteiger partial charge in [-0.3, -0.25) is 14.4 Å². The summed E-state index contributed by atoms with van der Waals surface area (Å²) in [5.41, 5.74) is 0.454. The first-order valence-electron chi connectivity index (χ1n) is 12.0. The van der Waals surface area contributed by atoms with Crippen LogP contribution in [-0.4, -0.2) is 36.1 Å². The SMILES string of the molecule is O=C(COC(=O)c1ccccc1N1C(=O)C2CCCCC2C1=O)c1ccc(OC(=O)c2ccco2)cc1. The smallest absolute Gasteiger partial charge is 0.379 e. The van der Waals surface area contributed by atoms with Crippen LogP contribution >= 0.6 is 0 Å². The van der Waals surface area contributed by atoms with Crippen molar-refractivity contribution in [3.63, 3.8) is 0 Å². The Morgan fingerprint density at radius 3 is 2.16 bits per heavy atom. The van der Waals surface area contributed by atoms with Gasteiger partial charge in [0.1, 0.15) is 5.75 Å². The summed E-state index contributed by atoms with van der Waals surface area (Å²) in [4.78, 5) is 64.5. The zero-order chi connectivity index (χ0) is 25.9. The molecule has 0 N–H and O–H groups in total. The van der Waals surface area contributed by atoms with Gasteiger partial charge in [0.05, 0.1) is 29.3 Å². The van der Waals surface area contributed by atoms with Crippen molar-refractivity contribution in [1.29, 1.82) is 0 Å². The van der Waals surface area contributed by atoms with Crippen molar-refractivity contribution in [1.82, 2.24) is 0 Å². The molecule has 2 heterocycles. The molecule has 2 unspecified atom stereocenters. The van der Waals surface area contributed by atoms with Gasteiger partial charge in [-0.1, -0.05) is 25.0 Å². The van der Waals surface area contributed by atoms with Gasteiger partial charge in [0.15, 0.2) is 12.4 Å². The number of Topliss-reactive ketones (excluding diaryl/α,β-unsaturated/α-hetero) is 1. The number of fused-ring (bicyclic) bond motifs is 1. The monoisotopic (exact) mass is 501 g/mol. The largest absolute Gasteiger partial charge is 0.457 e. The molecule has 2 aliphatic rings. The maximum atomic E-state index is 13.0. The van der Waals surface area contributed by atoms with Gasteiger partial charge in [0.25, 0.3) is 0 Å². The number of esters is 2. The normalized spacial score (nSPS) is 18.9. The minimum Gasteiger partial charge on any atom is -0.457 e. The molecule has 2 amide bonds. The van der Waals surface area contributed by atoms with Crippen LogP contribution in [0.3, 0.4) is 0 Å². The van der Waals surface area contributed by atoms with Crippen molar-refractivity contribution >= 4 is 35.2 Å². The molecule has 1 saturated carbocycles. The van der Waals surface area contributed by atoms with Gasteiger partial charge in [-0.05, 0) is 61.4 Å². The summed E-state index contributed by atoms with van der Waals surface area (Å²) in [7, 11) is 0. The van der Waals surface area contributed by atoms with E-state index in [1.807, 2.05) is 0 Å². The molecule has 188 valence electrons. The number of rotatable bonds is 7. The Balaban J connectivity index is 1.23. The second kappa shape index (κ2) is 10.2. The molecule has 37 heavy (non-hydrogen) atoms. The Hall–Kier alpha value is -4.53. The zero-order valence-corrected chi connectivity index (χ0v) is 19.8. The van der Waals surface area contributed by atoms with E-state index in [0.29, 0.717) is 12.8 Å². The van der Waals surface area contributed by atoms with Crippen LogP contribution in [0.2, 0.25) is 0 Å². The van der Waals surface area contributed by atoms with Crippen molar-refractivity contribution in [2.45, 2.75) is 25.7 Å². The summed E-state index contributed by atoms with van der Waals surface area (Å²) in [6, 6.07) is 15.0. The van der Waals surface area contributed by atoms with Crippen molar-refractivity contribution in [2.24, 2.45) is 11.8 Å². The Morgan fingerprint density at radius 2 is 1.51 bits per heavy atom. The van der Waals surface area contributed by atoms with Gasteiger partial charge in [-0.15, -0.1) is 0 Å². The first-order valence-corrected chi connectivity index (χ1v) is 12.0. The maximum absolute atomic E-state index is 13.0. The van der Waals surface area contributed by atoms with Crippen LogP contribution in [0, 0.1) is 11.8 Å². The summed E-state index contributed by atoms with van der Waals surface area (Å²) in [6.45, 7) is -0.550. The lowest BCUT2D eigenvalue weighted by atomic mass is 9.81. The van der Waals surface area contributed by atoms with Crippen LogP contribution in [0.5, 0.6) is 5.75 Å². The van der Waals surface area contributed by atoms with E-state index < -0.39 is 24.3 Å². The molecular weight excluding hydrogens is 478 g/mol. The number of amides is 2. The Kier molecular flexibility index (Phi) is 6.68. The molecule has 1 aliphatic carbocycles. The van der Waals surface area contributed by atoms with Crippen molar-refractivity contribution < 1.29 is 37.9 Å². The summed E-state index contributed by atoms with van der Waals surface area (Å²) < 4.78 is 15.4. The average molecular weight is 501 g/mol. The molecule has 0 spiro atoms. The molecule has 2 aromatic carbocycles. The highest BCUT2D eigenvalue weighted by Crippen LogP contribution is 2.41. The van der Waals surface area contributed by atoms with Gasteiger partial charge < -0.3 is 13.9 Å². The molecule has 2 atom stereocenters. The van der Waals surface area contributed by atoms with E-state index in [2.05, 4.69) is 0 Å². The van der Waals surface area contributed by atoms with E-state index in [1.165, 1.54) is 48.7 Å². The van der Waals surface area contributed by atoms with Gasteiger partial charge in [-0.2, -0.15) is 0 Å². The predicted octanol–water partition coefficient (Wildman–Crippen LogP) is 4.22. The fraction of sp³-hybridized carbons (Fsp3) is 0.250. The number of ketones is 1. The first-order chi connectivity index (χ1) is 17.9. The van der Waals surface area contributed by atoms with Crippen LogP contribution in [0.15, 0.2) is 71.3 Å². The molecule has 0 bridgehead atoms. The molecule has 1 saturated heterocycles. The lowest BCUT2D eigenvalue weighted by Gasteiger charge is -2.19. The van der Waals surface area contributed by atoms with Crippen molar-refractivity contribution in [3.8, 4) is 5.75 Å². The molecule has 2 fully saturated rings. The predicted molar refractivity (Wildman–Crippen MR) is 129 cm³/mol. The number of nitrogens with zero attached hydrogens (tertiary/aromatic N) is 1. The molecular formula is C28H23NO8. The van der Waals surface area contributed by atoms with Gasteiger partial charge >= 0.3 is 11.9 Å². The minimum atomic E-state index is -0.816. The topological polar surface area (TPSA) is 120 Å². The number of imide groups is 1. The van der Waals surface area contributed by atoms with Crippen LogP contribution in [0.1, 0.15) is 57.0 Å². The lowest BCUT2D eigenvalue weighted by molar-refractivity contribution is -0.122.